The third-order valence-electron chi connectivity index (χ3n) is 9.14. The topological polar surface area (TPSA) is 44.2 Å². The van der Waals surface area contributed by atoms with Gasteiger partial charge in [0.05, 0.1) is 31.6 Å². The Hall–Kier alpha value is -5.56. The van der Waals surface area contributed by atoms with Gasteiger partial charge in [-0.1, -0.05) is 72.8 Å². The molecular formula is C40H20N2O2S2. The van der Waals surface area contributed by atoms with Crippen LogP contribution in [0.1, 0.15) is 0 Å². The lowest BCUT2D eigenvalue weighted by Gasteiger charge is -2.30. The SMILES string of the molecule is c1cc(-c2nc3ccccc3s2)c2c(c1)-c1c3ccccc3c3c4c(ccc(c14)O2)Oc1c(-c2nc4ccccc4s2)cccc1-3. The van der Waals surface area contributed by atoms with Crippen LogP contribution in [-0.4, -0.2) is 9.97 Å². The molecule has 0 fully saturated rings. The monoisotopic (exact) mass is 624 g/mol. The van der Waals surface area contributed by atoms with Crippen LogP contribution < -0.4 is 9.47 Å². The van der Waals surface area contributed by atoms with E-state index in [4.69, 9.17) is 19.4 Å². The molecule has 0 aliphatic carbocycles. The van der Waals surface area contributed by atoms with Crippen molar-refractivity contribution in [1.82, 2.24) is 9.97 Å². The minimum Gasteiger partial charge on any atom is -0.455 e. The molecule has 0 amide bonds. The fourth-order valence-electron chi connectivity index (χ4n) is 7.20. The van der Waals surface area contributed by atoms with Crippen molar-refractivity contribution in [2.75, 3.05) is 0 Å². The first-order valence-electron chi connectivity index (χ1n) is 15.2. The van der Waals surface area contributed by atoms with Gasteiger partial charge in [0, 0.05) is 33.0 Å². The third kappa shape index (κ3) is 3.27. The second kappa shape index (κ2) is 9.01. The maximum Gasteiger partial charge on any atom is 0.145 e. The Morgan fingerprint density at radius 3 is 1.33 bits per heavy atom. The summed E-state index contributed by atoms with van der Waals surface area (Å²) in [4.78, 5) is 9.99. The molecule has 0 atom stereocenters. The highest BCUT2D eigenvalue weighted by Crippen LogP contribution is 2.60. The van der Waals surface area contributed by atoms with Crippen molar-refractivity contribution < 1.29 is 9.47 Å². The van der Waals surface area contributed by atoms with Crippen LogP contribution in [0, 0.1) is 0 Å². The van der Waals surface area contributed by atoms with Crippen LogP contribution in [0.3, 0.4) is 0 Å². The second-order valence-electron chi connectivity index (χ2n) is 11.6. The Bertz CT molecular complexity index is 2520. The molecule has 7 aromatic carbocycles. The average molecular weight is 625 g/mol. The summed E-state index contributed by atoms with van der Waals surface area (Å²) in [5, 5.41) is 6.44. The number of ether oxygens (including phenoxy) is 2. The summed E-state index contributed by atoms with van der Waals surface area (Å²) >= 11 is 3.39. The van der Waals surface area contributed by atoms with Crippen molar-refractivity contribution in [2.45, 2.75) is 0 Å². The molecule has 2 aliphatic heterocycles. The van der Waals surface area contributed by atoms with E-state index in [9.17, 15) is 0 Å². The lowest BCUT2D eigenvalue weighted by Crippen LogP contribution is -2.05. The van der Waals surface area contributed by atoms with Gasteiger partial charge in [-0.3, -0.25) is 0 Å². The molecule has 46 heavy (non-hydrogen) atoms. The Kier molecular flexibility index (Phi) is 4.84. The van der Waals surface area contributed by atoms with Gasteiger partial charge in [0.2, 0.25) is 0 Å². The zero-order chi connectivity index (χ0) is 29.9. The van der Waals surface area contributed by atoms with E-state index in [0.29, 0.717) is 0 Å². The lowest BCUT2D eigenvalue weighted by atomic mass is 9.82. The molecule has 6 heteroatoms. The molecule has 4 heterocycles. The predicted octanol–water partition coefficient (Wildman–Crippen LogP) is 12.1. The molecule has 0 bridgehead atoms. The van der Waals surface area contributed by atoms with Crippen LogP contribution in [0.4, 0.5) is 0 Å². The van der Waals surface area contributed by atoms with Gasteiger partial charge in [0.25, 0.3) is 0 Å². The number of para-hydroxylation sites is 4. The summed E-state index contributed by atoms with van der Waals surface area (Å²) in [6.45, 7) is 0. The highest BCUT2D eigenvalue weighted by atomic mass is 32.1. The molecular weight excluding hydrogens is 605 g/mol. The first-order chi connectivity index (χ1) is 22.8. The van der Waals surface area contributed by atoms with E-state index in [-0.39, 0.29) is 0 Å². The number of thiazole rings is 2. The zero-order valence-corrected chi connectivity index (χ0v) is 25.7. The van der Waals surface area contributed by atoms with Crippen molar-refractivity contribution in [1.29, 1.82) is 0 Å². The summed E-state index contributed by atoms with van der Waals surface area (Å²) in [5.41, 5.74) is 8.49. The molecule has 0 radical (unpaired) electrons. The van der Waals surface area contributed by atoms with Crippen LogP contribution in [0.25, 0.3) is 85.4 Å². The summed E-state index contributed by atoms with van der Waals surface area (Å²) in [7, 11) is 0. The molecule has 0 saturated heterocycles. The van der Waals surface area contributed by atoms with Crippen molar-refractivity contribution in [3.63, 3.8) is 0 Å². The van der Waals surface area contributed by atoms with Crippen LogP contribution in [-0.2, 0) is 0 Å². The van der Waals surface area contributed by atoms with Gasteiger partial charge in [0.15, 0.2) is 0 Å². The van der Waals surface area contributed by atoms with Crippen molar-refractivity contribution >= 4 is 64.7 Å². The molecule has 4 nitrogen and oxygen atoms in total. The highest BCUT2D eigenvalue weighted by molar-refractivity contribution is 7.22. The predicted molar refractivity (Wildman–Crippen MR) is 190 cm³/mol. The number of rotatable bonds is 2. The molecule has 2 aromatic heterocycles. The summed E-state index contributed by atoms with van der Waals surface area (Å²) in [5.74, 6) is 3.35. The number of hydrogen-bond donors (Lipinski definition) is 0. The Morgan fingerprint density at radius 2 is 0.848 bits per heavy atom. The van der Waals surface area contributed by atoms with Gasteiger partial charge in [0.1, 0.15) is 33.0 Å². The van der Waals surface area contributed by atoms with Gasteiger partial charge < -0.3 is 9.47 Å². The quantitative estimate of drug-likeness (QED) is 0.180. The van der Waals surface area contributed by atoms with Crippen LogP contribution in [0.5, 0.6) is 23.0 Å². The van der Waals surface area contributed by atoms with E-state index in [1.54, 1.807) is 22.7 Å². The van der Waals surface area contributed by atoms with Gasteiger partial charge in [-0.2, -0.15) is 0 Å². The van der Waals surface area contributed by atoms with E-state index in [1.165, 1.54) is 21.9 Å². The van der Waals surface area contributed by atoms with Gasteiger partial charge in [-0.05, 0) is 59.3 Å². The molecule has 9 aromatic rings. The Labute approximate surface area is 270 Å². The number of aromatic nitrogens is 2. The molecule has 0 spiro atoms. The van der Waals surface area contributed by atoms with E-state index in [2.05, 4.69) is 109 Å². The van der Waals surface area contributed by atoms with Gasteiger partial charge >= 0.3 is 0 Å². The molecule has 11 rings (SSSR count). The first-order valence-corrected chi connectivity index (χ1v) is 16.8. The molecule has 2 aliphatic rings. The number of nitrogens with zero attached hydrogens (tertiary/aromatic N) is 2. The van der Waals surface area contributed by atoms with E-state index < -0.39 is 0 Å². The average Bonchev–Trinajstić information content (AvgIpc) is 3.74. The van der Waals surface area contributed by atoms with Gasteiger partial charge in [-0.15, -0.1) is 22.7 Å². The van der Waals surface area contributed by atoms with Crippen LogP contribution in [0.15, 0.2) is 121 Å². The summed E-state index contributed by atoms with van der Waals surface area (Å²) < 4.78 is 16.1. The van der Waals surface area contributed by atoms with Crippen LogP contribution in [0.2, 0.25) is 0 Å². The van der Waals surface area contributed by atoms with Crippen LogP contribution >= 0.6 is 22.7 Å². The van der Waals surface area contributed by atoms with E-state index in [0.717, 1.165) is 86.5 Å². The van der Waals surface area contributed by atoms with Gasteiger partial charge in [-0.25, -0.2) is 9.97 Å². The summed E-state index contributed by atoms with van der Waals surface area (Å²) in [6, 6.07) is 42.3. The number of benzene rings is 7. The normalized spacial score (nSPS) is 12.7. The second-order valence-corrected chi connectivity index (χ2v) is 13.7. The largest absolute Gasteiger partial charge is 0.455 e. The molecule has 0 saturated carbocycles. The molecule has 214 valence electrons. The Morgan fingerprint density at radius 1 is 0.413 bits per heavy atom. The standard InChI is InChI=1S/C40H20N2O2S2/c1-2-10-22-21(9-1)33-23-11-7-13-25(39-41-27-15-3-5-17-31(27)45-39)37(23)43-29-19-20-30-36(35(29)33)34(22)24-12-8-14-26(38(24)44-30)40-42-28-16-4-6-18-32(28)46-40/h1-20H. The smallest absolute Gasteiger partial charge is 0.145 e. The van der Waals surface area contributed by atoms with E-state index in [1.807, 2.05) is 12.1 Å². The maximum absolute atomic E-state index is 6.88. The fraction of sp³-hybridized carbons (Fsp3) is 0. The molecule has 0 unspecified atom stereocenters. The number of hydrogen-bond acceptors (Lipinski definition) is 6. The highest BCUT2D eigenvalue weighted by Gasteiger charge is 2.33. The van der Waals surface area contributed by atoms with Crippen molar-refractivity contribution in [3.05, 3.63) is 121 Å². The zero-order valence-electron chi connectivity index (χ0n) is 24.1. The minimum atomic E-state index is 0.830. The van der Waals surface area contributed by atoms with Crippen molar-refractivity contribution in [2.24, 2.45) is 0 Å². The third-order valence-corrected chi connectivity index (χ3v) is 11.3. The van der Waals surface area contributed by atoms with Crippen molar-refractivity contribution in [3.8, 4) is 66.4 Å². The maximum atomic E-state index is 6.88. The lowest BCUT2D eigenvalue weighted by molar-refractivity contribution is 0.477. The first kappa shape index (κ1) is 24.7. The Balaban J connectivity index is 1.20. The molecule has 0 N–H and O–H groups in total. The number of fused-ring (bicyclic) bond motifs is 9. The fourth-order valence-corrected chi connectivity index (χ4v) is 9.17. The summed E-state index contributed by atoms with van der Waals surface area (Å²) in [6.07, 6.45) is 0. The van der Waals surface area contributed by atoms with E-state index >= 15 is 0 Å². The minimum absolute atomic E-state index is 0.830.